The van der Waals surface area contributed by atoms with E-state index < -0.39 is 11.2 Å². The minimum atomic E-state index is -0.743. The third-order valence-electron chi connectivity index (χ3n) is 6.23. The van der Waals surface area contributed by atoms with Crippen molar-refractivity contribution >= 4 is 11.8 Å². The molecule has 0 bridgehead atoms. The molecule has 5 nitrogen and oxygen atoms in total. The summed E-state index contributed by atoms with van der Waals surface area (Å²) in [6.45, 7) is 0.459. The number of nitrogens with one attached hydrogen (secondary N) is 1. The zero-order chi connectivity index (χ0) is 23.3. The van der Waals surface area contributed by atoms with Crippen LogP contribution in [0.5, 0.6) is 5.75 Å². The number of hydrogen-bond acceptors (Lipinski definition) is 3. The van der Waals surface area contributed by atoms with Crippen molar-refractivity contribution in [3.63, 3.8) is 0 Å². The summed E-state index contributed by atoms with van der Waals surface area (Å²) in [7, 11) is 1.62. The Kier molecular flexibility index (Phi) is 6.73. The molecule has 1 aliphatic heterocycles. The van der Waals surface area contributed by atoms with Gasteiger partial charge >= 0.3 is 0 Å². The lowest BCUT2D eigenvalue weighted by atomic mass is 9.78. The van der Waals surface area contributed by atoms with Gasteiger partial charge in [-0.05, 0) is 41.7 Å². The van der Waals surface area contributed by atoms with Crippen LogP contribution in [-0.4, -0.2) is 43.5 Å². The van der Waals surface area contributed by atoms with Crippen LogP contribution in [0.25, 0.3) is 11.1 Å². The molecule has 3 aromatic carbocycles. The van der Waals surface area contributed by atoms with Crippen LogP contribution in [0.2, 0.25) is 0 Å². The number of likely N-dealkylation sites (tertiary alicyclic amines) is 1. The SMILES string of the molecule is CNC(=O)[C@@]1(Cc2ccccc2-c2ccccc2)CCN(C(=O)COc2ccccc2F)C1. The van der Waals surface area contributed by atoms with Crippen molar-refractivity contribution < 1.29 is 18.7 Å². The molecule has 1 atom stereocenters. The first-order valence-corrected chi connectivity index (χ1v) is 11.0. The number of halogens is 1. The molecular formula is C27H27FN2O3. The van der Waals surface area contributed by atoms with Crippen molar-refractivity contribution in [2.75, 3.05) is 26.7 Å². The fourth-order valence-corrected chi connectivity index (χ4v) is 4.49. The van der Waals surface area contributed by atoms with Crippen LogP contribution in [0.3, 0.4) is 0 Å². The van der Waals surface area contributed by atoms with Gasteiger partial charge in [-0.2, -0.15) is 0 Å². The number of amides is 2. The summed E-state index contributed by atoms with van der Waals surface area (Å²) in [5.74, 6) is -0.820. The van der Waals surface area contributed by atoms with Crippen LogP contribution in [0, 0.1) is 11.2 Å². The molecule has 0 unspecified atom stereocenters. The second kappa shape index (κ2) is 9.86. The van der Waals surface area contributed by atoms with Crippen molar-refractivity contribution in [1.82, 2.24) is 10.2 Å². The van der Waals surface area contributed by atoms with Crippen LogP contribution in [-0.2, 0) is 16.0 Å². The van der Waals surface area contributed by atoms with Crippen molar-refractivity contribution in [3.05, 3.63) is 90.2 Å². The number of hydrogen-bond donors (Lipinski definition) is 1. The van der Waals surface area contributed by atoms with Crippen LogP contribution < -0.4 is 10.1 Å². The monoisotopic (exact) mass is 446 g/mol. The summed E-state index contributed by atoms with van der Waals surface area (Å²) in [4.78, 5) is 27.5. The summed E-state index contributed by atoms with van der Waals surface area (Å²) in [6, 6.07) is 24.1. The molecule has 1 fully saturated rings. The smallest absolute Gasteiger partial charge is 0.260 e. The van der Waals surface area contributed by atoms with Gasteiger partial charge in [0.25, 0.3) is 5.91 Å². The van der Waals surface area contributed by atoms with E-state index in [1.807, 2.05) is 36.4 Å². The van der Waals surface area contributed by atoms with Crippen LogP contribution in [0.1, 0.15) is 12.0 Å². The molecule has 33 heavy (non-hydrogen) atoms. The molecule has 0 saturated carbocycles. The van der Waals surface area contributed by atoms with Gasteiger partial charge in [0.1, 0.15) is 0 Å². The lowest BCUT2D eigenvalue weighted by molar-refractivity contribution is -0.134. The predicted molar refractivity (Wildman–Crippen MR) is 125 cm³/mol. The van der Waals surface area contributed by atoms with Gasteiger partial charge in [-0.3, -0.25) is 9.59 Å². The topological polar surface area (TPSA) is 58.6 Å². The van der Waals surface area contributed by atoms with Gasteiger partial charge in [-0.1, -0.05) is 66.7 Å². The Hall–Kier alpha value is -3.67. The van der Waals surface area contributed by atoms with Crippen molar-refractivity contribution in [3.8, 4) is 16.9 Å². The number of para-hydroxylation sites is 1. The largest absolute Gasteiger partial charge is 0.481 e. The highest BCUT2D eigenvalue weighted by molar-refractivity contribution is 5.86. The molecule has 6 heteroatoms. The second-order valence-electron chi connectivity index (χ2n) is 8.34. The van der Waals surface area contributed by atoms with E-state index >= 15 is 0 Å². The zero-order valence-electron chi connectivity index (χ0n) is 18.6. The van der Waals surface area contributed by atoms with Gasteiger partial charge in [-0.15, -0.1) is 0 Å². The van der Waals surface area contributed by atoms with Gasteiger partial charge in [-0.25, -0.2) is 4.39 Å². The summed E-state index contributed by atoms with van der Waals surface area (Å²) in [5, 5.41) is 2.79. The first-order chi connectivity index (χ1) is 16.0. The van der Waals surface area contributed by atoms with Crippen molar-refractivity contribution in [2.45, 2.75) is 12.8 Å². The Morgan fingerprint density at radius 3 is 2.45 bits per heavy atom. The number of nitrogens with zero attached hydrogens (tertiary/aromatic N) is 1. The highest BCUT2D eigenvalue weighted by Gasteiger charge is 2.45. The standard InChI is InChI=1S/C27H27FN2O3/c1-29-26(32)27(17-21-11-5-6-12-22(21)20-9-3-2-4-10-20)15-16-30(19-27)25(31)18-33-24-14-8-7-13-23(24)28/h2-14H,15-19H2,1H3,(H,29,32)/t27-/m1/s1. The van der Waals surface area contributed by atoms with Gasteiger partial charge < -0.3 is 15.0 Å². The summed E-state index contributed by atoms with van der Waals surface area (Å²) in [5.41, 5.74) is 2.48. The van der Waals surface area contributed by atoms with E-state index in [2.05, 4.69) is 23.5 Å². The fourth-order valence-electron chi connectivity index (χ4n) is 4.49. The molecule has 0 aromatic heterocycles. The molecule has 1 heterocycles. The van der Waals surface area contributed by atoms with E-state index in [4.69, 9.17) is 4.74 Å². The fraction of sp³-hybridized carbons (Fsp3) is 0.259. The Balaban J connectivity index is 1.52. The third-order valence-corrected chi connectivity index (χ3v) is 6.23. The predicted octanol–water partition coefficient (Wildman–Crippen LogP) is 4.08. The highest BCUT2D eigenvalue weighted by Crippen LogP contribution is 2.37. The maximum atomic E-state index is 13.8. The minimum Gasteiger partial charge on any atom is -0.481 e. The van der Waals surface area contributed by atoms with E-state index in [-0.39, 0.29) is 30.7 Å². The Labute approximate surface area is 193 Å². The molecule has 170 valence electrons. The molecule has 0 radical (unpaired) electrons. The number of rotatable bonds is 7. The van der Waals surface area contributed by atoms with Gasteiger partial charge in [0.15, 0.2) is 18.2 Å². The molecule has 1 aliphatic rings. The zero-order valence-corrected chi connectivity index (χ0v) is 18.6. The first kappa shape index (κ1) is 22.5. The van der Waals surface area contributed by atoms with Gasteiger partial charge in [0.05, 0.1) is 5.41 Å². The van der Waals surface area contributed by atoms with E-state index in [9.17, 15) is 14.0 Å². The maximum absolute atomic E-state index is 13.8. The maximum Gasteiger partial charge on any atom is 0.260 e. The summed E-state index contributed by atoms with van der Waals surface area (Å²) < 4.78 is 19.2. The molecule has 2 amide bonds. The van der Waals surface area contributed by atoms with Crippen molar-refractivity contribution in [2.24, 2.45) is 5.41 Å². The third kappa shape index (κ3) is 4.90. The molecule has 1 saturated heterocycles. The lowest BCUT2D eigenvalue weighted by Crippen LogP contribution is -2.44. The summed E-state index contributed by atoms with van der Waals surface area (Å²) >= 11 is 0. The van der Waals surface area contributed by atoms with Crippen LogP contribution in [0.15, 0.2) is 78.9 Å². The summed E-state index contributed by atoms with van der Waals surface area (Å²) in [6.07, 6.45) is 1.05. The highest BCUT2D eigenvalue weighted by atomic mass is 19.1. The average Bonchev–Trinajstić information content (AvgIpc) is 3.29. The molecule has 3 aromatic rings. The molecule has 0 spiro atoms. The number of carbonyl (C=O) groups is 2. The van der Waals surface area contributed by atoms with E-state index in [1.165, 1.54) is 12.1 Å². The van der Waals surface area contributed by atoms with E-state index in [1.54, 1.807) is 24.1 Å². The Bertz CT molecular complexity index is 1130. The lowest BCUT2D eigenvalue weighted by Gasteiger charge is -2.28. The average molecular weight is 447 g/mol. The first-order valence-electron chi connectivity index (χ1n) is 11.0. The molecule has 0 aliphatic carbocycles. The van der Waals surface area contributed by atoms with Gasteiger partial charge in [0.2, 0.25) is 5.91 Å². The normalized spacial score (nSPS) is 17.6. The van der Waals surface area contributed by atoms with E-state index in [0.717, 1.165) is 16.7 Å². The van der Waals surface area contributed by atoms with E-state index in [0.29, 0.717) is 19.4 Å². The van der Waals surface area contributed by atoms with Gasteiger partial charge in [0, 0.05) is 20.1 Å². The Morgan fingerprint density at radius 2 is 1.70 bits per heavy atom. The second-order valence-corrected chi connectivity index (χ2v) is 8.34. The van der Waals surface area contributed by atoms with Crippen LogP contribution >= 0.6 is 0 Å². The molecule has 1 N–H and O–H groups in total. The number of carbonyl (C=O) groups excluding carboxylic acids is 2. The van der Waals surface area contributed by atoms with Crippen LogP contribution in [0.4, 0.5) is 4.39 Å². The molecule has 4 rings (SSSR count). The quantitative estimate of drug-likeness (QED) is 0.595. The molecular weight excluding hydrogens is 419 g/mol. The number of ether oxygens (including phenoxy) is 1. The minimum absolute atomic E-state index is 0.0411. The number of benzene rings is 3. The Morgan fingerprint density at radius 1 is 1.00 bits per heavy atom. The van der Waals surface area contributed by atoms with Crippen molar-refractivity contribution in [1.29, 1.82) is 0 Å².